The number of ether oxygens (including phenoxy) is 1. The van der Waals surface area contributed by atoms with Gasteiger partial charge in [-0.3, -0.25) is 9.69 Å². The van der Waals surface area contributed by atoms with E-state index in [4.69, 9.17) is 17.0 Å². The number of thiocarbonyl (C=S) groups is 1. The van der Waals surface area contributed by atoms with Gasteiger partial charge in [-0.1, -0.05) is 54.3 Å². The van der Waals surface area contributed by atoms with E-state index < -0.39 is 18.5 Å². The first-order chi connectivity index (χ1) is 13.4. The van der Waals surface area contributed by atoms with Gasteiger partial charge in [0.25, 0.3) is 5.91 Å². The maximum absolute atomic E-state index is 12.8. The topological polar surface area (TPSA) is 110 Å². The number of nitrogens with zero attached hydrogens (tertiary/aromatic N) is 1. The average Bonchev–Trinajstić information content (AvgIpc) is 2.94. The standard InChI is InChI=1S/C19H13NO6S2/c21-16(22)10-26-14-4-2-1-3-12(14)9-15-17(23)20(19(27)28-15)13-7-5-11(6-8-13)18(24)25/h1-9H,10H2,(H,21,22)(H,24,25)/p-2/b15-9-. The number of carbonyl (C=O) groups is 3. The Morgan fingerprint density at radius 1 is 1.11 bits per heavy atom. The zero-order chi connectivity index (χ0) is 20.3. The van der Waals surface area contributed by atoms with E-state index in [0.29, 0.717) is 16.2 Å². The Balaban J connectivity index is 1.87. The van der Waals surface area contributed by atoms with Gasteiger partial charge in [0.1, 0.15) is 12.4 Å². The minimum absolute atomic E-state index is 0.0104. The Morgan fingerprint density at radius 3 is 2.43 bits per heavy atom. The molecule has 1 heterocycles. The van der Waals surface area contributed by atoms with Gasteiger partial charge in [-0.05, 0) is 29.8 Å². The first-order valence-corrected chi connectivity index (χ1v) is 9.10. The Bertz CT molecular complexity index is 1000. The molecule has 1 amide bonds. The van der Waals surface area contributed by atoms with Gasteiger partial charge in [-0.25, -0.2) is 0 Å². The number of carbonyl (C=O) groups excluding carboxylic acids is 3. The van der Waals surface area contributed by atoms with Gasteiger partial charge in [0.05, 0.1) is 22.5 Å². The minimum Gasteiger partial charge on any atom is -0.546 e. The van der Waals surface area contributed by atoms with E-state index >= 15 is 0 Å². The normalized spacial score (nSPS) is 15.1. The highest BCUT2D eigenvalue weighted by Gasteiger charge is 2.33. The van der Waals surface area contributed by atoms with Crippen molar-refractivity contribution in [2.45, 2.75) is 0 Å². The van der Waals surface area contributed by atoms with Gasteiger partial charge in [0, 0.05) is 5.56 Å². The Labute approximate surface area is 169 Å². The highest BCUT2D eigenvalue weighted by Crippen LogP contribution is 2.37. The third-order valence-corrected chi connectivity index (χ3v) is 5.01. The van der Waals surface area contributed by atoms with Gasteiger partial charge < -0.3 is 24.5 Å². The average molecular weight is 413 g/mol. The number of benzene rings is 2. The largest absolute Gasteiger partial charge is 0.546 e. The van der Waals surface area contributed by atoms with E-state index in [2.05, 4.69) is 0 Å². The third-order valence-electron chi connectivity index (χ3n) is 3.71. The lowest BCUT2D eigenvalue weighted by Gasteiger charge is -2.15. The first kappa shape index (κ1) is 19.6. The van der Waals surface area contributed by atoms with Crippen LogP contribution in [0.25, 0.3) is 6.08 Å². The van der Waals surface area contributed by atoms with Crippen LogP contribution >= 0.6 is 24.0 Å². The monoisotopic (exact) mass is 413 g/mol. The molecule has 0 spiro atoms. The number of thioether (sulfide) groups is 1. The van der Waals surface area contributed by atoms with Crippen LogP contribution in [0.3, 0.4) is 0 Å². The third kappa shape index (κ3) is 4.21. The fourth-order valence-corrected chi connectivity index (χ4v) is 3.74. The van der Waals surface area contributed by atoms with Gasteiger partial charge in [-0.2, -0.15) is 0 Å². The number of anilines is 1. The highest BCUT2D eigenvalue weighted by atomic mass is 32.2. The summed E-state index contributed by atoms with van der Waals surface area (Å²) in [7, 11) is 0. The fraction of sp³-hybridized carbons (Fsp3) is 0.0526. The molecule has 9 heteroatoms. The van der Waals surface area contributed by atoms with Crippen molar-refractivity contribution in [1.29, 1.82) is 0 Å². The number of amides is 1. The summed E-state index contributed by atoms with van der Waals surface area (Å²) in [6.45, 7) is -0.614. The number of carboxylic acid groups (broad SMARTS) is 2. The van der Waals surface area contributed by atoms with E-state index in [-0.39, 0.29) is 21.5 Å². The molecule has 0 saturated carbocycles. The van der Waals surface area contributed by atoms with Crippen LogP contribution in [0.2, 0.25) is 0 Å². The predicted octanol–water partition coefficient (Wildman–Crippen LogP) is 0.585. The van der Waals surface area contributed by atoms with Gasteiger partial charge in [0.15, 0.2) is 4.32 Å². The van der Waals surface area contributed by atoms with Crippen LogP contribution in [0.4, 0.5) is 5.69 Å². The van der Waals surface area contributed by atoms with E-state index in [0.717, 1.165) is 11.8 Å². The van der Waals surface area contributed by atoms with E-state index in [1.807, 2.05) is 0 Å². The van der Waals surface area contributed by atoms with Crippen molar-refractivity contribution in [3.8, 4) is 5.75 Å². The number of rotatable bonds is 6. The summed E-state index contributed by atoms with van der Waals surface area (Å²) >= 11 is 6.35. The molecule has 1 aliphatic rings. The van der Waals surface area contributed by atoms with Gasteiger partial charge in [-0.15, -0.1) is 0 Å². The summed E-state index contributed by atoms with van der Waals surface area (Å²) in [6, 6.07) is 12.2. The molecule has 1 aliphatic heterocycles. The smallest absolute Gasteiger partial charge is 0.270 e. The molecule has 2 aromatic rings. The lowest BCUT2D eigenvalue weighted by molar-refractivity contribution is -0.307. The number of para-hydroxylation sites is 1. The maximum atomic E-state index is 12.8. The molecule has 0 aromatic heterocycles. The molecule has 1 fully saturated rings. The second-order valence-corrected chi connectivity index (χ2v) is 7.23. The van der Waals surface area contributed by atoms with Crippen LogP contribution in [0.5, 0.6) is 5.75 Å². The van der Waals surface area contributed by atoms with Crippen LogP contribution in [-0.2, 0) is 9.59 Å². The zero-order valence-corrected chi connectivity index (χ0v) is 15.7. The van der Waals surface area contributed by atoms with E-state index in [1.54, 1.807) is 30.3 Å². The van der Waals surface area contributed by atoms with Crippen LogP contribution < -0.4 is 19.8 Å². The summed E-state index contributed by atoms with van der Waals surface area (Å²) in [4.78, 5) is 35.9. The zero-order valence-electron chi connectivity index (χ0n) is 14.1. The van der Waals surface area contributed by atoms with Crippen LogP contribution in [0, 0.1) is 0 Å². The van der Waals surface area contributed by atoms with E-state index in [1.165, 1.54) is 29.2 Å². The molecule has 0 unspecified atom stereocenters. The highest BCUT2D eigenvalue weighted by molar-refractivity contribution is 8.27. The van der Waals surface area contributed by atoms with Crippen LogP contribution in [-0.4, -0.2) is 28.8 Å². The molecule has 28 heavy (non-hydrogen) atoms. The predicted molar refractivity (Wildman–Crippen MR) is 103 cm³/mol. The number of hydrogen-bond donors (Lipinski definition) is 0. The fourth-order valence-electron chi connectivity index (χ4n) is 2.45. The van der Waals surface area contributed by atoms with Gasteiger partial charge >= 0.3 is 0 Å². The molecule has 0 aliphatic carbocycles. The Morgan fingerprint density at radius 2 is 1.79 bits per heavy atom. The molecule has 7 nitrogen and oxygen atoms in total. The summed E-state index contributed by atoms with van der Waals surface area (Å²) in [5, 5.41) is 21.5. The van der Waals surface area contributed by atoms with Crippen molar-refractivity contribution in [2.75, 3.05) is 11.5 Å². The molecule has 0 bridgehead atoms. The number of aromatic carboxylic acids is 1. The minimum atomic E-state index is -1.36. The second-order valence-electron chi connectivity index (χ2n) is 5.55. The van der Waals surface area contributed by atoms with Crippen molar-refractivity contribution in [1.82, 2.24) is 0 Å². The molecule has 3 rings (SSSR count). The molecule has 142 valence electrons. The molecule has 2 aromatic carbocycles. The lowest BCUT2D eigenvalue weighted by atomic mass is 10.1. The van der Waals surface area contributed by atoms with Crippen LogP contribution in [0.1, 0.15) is 15.9 Å². The van der Waals surface area contributed by atoms with Crippen molar-refractivity contribution >= 4 is 57.9 Å². The van der Waals surface area contributed by atoms with Crippen molar-refractivity contribution in [2.24, 2.45) is 0 Å². The molecule has 0 radical (unpaired) electrons. The summed E-state index contributed by atoms with van der Waals surface area (Å²) in [5.41, 5.74) is 0.928. The quantitative estimate of drug-likeness (QED) is 0.500. The number of carboxylic acids is 2. The molecule has 0 atom stereocenters. The molecule has 0 N–H and O–H groups in total. The lowest BCUT2D eigenvalue weighted by Crippen LogP contribution is -2.29. The summed E-state index contributed by atoms with van der Waals surface area (Å²) in [5.74, 6) is -2.77. The van der Waals surface area contributed by atoms with Crippen LogP contribution in [0.15, 0.2) is 53.4 Å². The van der Waals surface area contributed by atoms with Gasteiger partial charge in [0.2, 0.25) is 0 Å². The molecular weight excluding hydrogens is 402 g/mol. The first-order valence-electron chi connectivity index (χ1n) is 7.88. The maximum Gasteiger partial charge on any atom is 0.270 e. The number of hydrogen-bond acceptors (Lipinski definition) is 8. The van der Waals surface area contributed by atoms with Crippen molar-refractivity contribution in [3.63, 3.8) is 0 Å². The van der Waals surface area contributed by atoms with E-state index in [9.17, 15) is 24.6 Å². The SMILES string of the molecule is O=C([O-])COc1ccccc1/C=C1\SC(=S)N(c2ccc(C(=O)[O-])cc2)C1=O. The molecule has 1 saturated heterocycles. The summed E-state index contributed by atoms with van der Waals surface area (Å²) < 4.78 is 5.47. The second kappa shape index (κ2) is 8.24. The summed E-state index contributed by atoms with van der Waals surface area (Å²) in [6.07, 6.45) is 1.56. The Kier molecular flexibility index (Phi) is 5.76. The van der Waals surface area contributed by atoms with Crippen molar-refractivity contribution < 1.29 is 29.3 Å². The molecular formula is C19H11NO6S2-2. The Hall–Kier alpha value is -3.17. The number of aliphatic carboxylic acids is 1. The van der Waals surface area contributed by atoms with Crippen molar-refractivity contribution in [3.05, 3.63) is 64.6 Å².